The minimum Gasteiger partial charge on any atom is -0.310 e. The summed E-state index contributed by atoms with van der Waals surface area (Å²) in [6, 6.07) is 98.6. The molecule has 0 aliphatic heterocycles. The number of hydrogen-bond acceptors (Lipinski definition) is 1. The highest BCUT2D eigenvalue weighted by atomic mass is 15.1. The maximum atomic E-state index is 2.47. The van der Waals surface area contributed by atoms with Gasteiger partial charge in [0.15, 0.2) is 0 Å². The van der Waals surface area contributed by atoms with Crippen molar-refractivity contribution < 1.29 is 0 Å². The van der Waals surface area contributed by atoms with Crippen LogP contribution in [0.5, 0.6) is 0 Å². The van der Waals surface area contributed by atoms with E-state index in [0.717, 1.165) is 17.1 Å². The van der Waals surface area contributed by atoms with E-state index in [2.05, 4.69) is 280 Å². The molecule has 0 atom stereocenters. The molecule has 0 fully saturated rings. The molecule has 11 aromatic carbocycles. The van der Waals surface area contributed by atoms with Crippen LogP contribution in [0, 0.1) is 0 Å². The Hall–Kier alpha value is -8.78. The quantitative estimate of drug-likeness (QED) is 0.166. The van der Waals surface area contributed by atoms with Crippen LogP contribution >= 0.6 is 0 Å². The minimum atomic E-state index is -0.614. The van der Waals surface area contributed by atoms with Gasteiger partial charge in [0.1, 0.15) is 0 Å². The SMILES string of the molecule is CC1(C)c2ccccc2-c2ccc(N(c3ccc(-c4ccccc4)cc3)c3cccc(-c4cccc5c4C4(c6ccccc6-5)c5ccccc5C5(c6ccccc6-c6ccccc65)c5ccccc54)c3)cc21. The Kier molecular flexibility index (Phi) is 8.62. The zero-order valence-electron chi connectivity index (χ0n) is 40.3. The van der Waals surface area contributed by atoms with Crippen molar-refractivity contribution in [3.05, 3.63) is 316 Å². The summed E-state index contributed by atoms with van der Waals surface area (Å²) >= 11 is 0. The summed E-state index contributed by atoms with van der Waals surface area (Å²) in [5.41, 5.74) is 28.3. The van der Waals surface area contributed by atoms with Gasteiger partial charge < -0.3 is 4.90 Å². The van der Waals surface area contributed by atoms with Crippen molar-refractivity contribution in [2.75, 3.05) is 4.90 Å². The molecule has 1 heteroatoms. The molecule has 11 aromatic rings. The van der Waals surface area contributed by atoms with Gasteiger partial charge in [-0.25, -0.2) is 0 Å². The summed E-state index contributed by atoms with van der Waals surface area (Å²) < 4.78 is 0. The topological polar surface area (TPSA) is 3.24 Å². The number of rotatable bonds is 5. The van der Waals surface area contributed by atoms with Crippen molar-refractivity contribution in [3.8, 4) is 55.6 Å². The van der Waals surface area contributed by atoms with Gasteiger partial charge in [-0.05, 0) is 148 Å². The number of nitrogens with zero attached hydrogens (tertiary/aromatic N) is 1. The van der Waals surface area contributed by atoms with Gasteiger partial charge in [0.2, 0.25) is 0 Å². The fourth-order valence-electron chi connectivity index (χ4n) is 14.1. The lowest BCUT2D eigenvalue weighted by Crippen LogP contribution is -2.44. The zero-order chi connectivity index (χ0) is 47.8. The van der Waals surface area contributed by atoms with Crippen LogP contribution in [0.25, 0.3) is 55.6 Å². The van der Waals surface area contributed by atoms with Gasteiger partial charge in [-0.2, -0.15) is 0 Å². The molecule has 15 rings (SSSR count). The maximum absolute atomic E-state index is 2.47. The summed E-state index contributed by atoms with van der Waals surface area (Å²) in [7, 11) is 0. The van der Waals surface area contributed by atoms with Crippen molar-refractivity contribution in [1.29, 1.82) is 0 Å². The first-order valence-corrected chi connectivity index (χ1v) is 25.4. The van der Waals surface area contributed by atoms with Crippen molar-refractivity contribution in [2.24, 2.45) is 0 Å². The molecule has 0 N–H and O–H groups in total. The second-order valence-electron chi connectivity index (χ2n) is 20.7. The van der Waals surface area contributed by atoms with Crippen LogP contribution in [0.15, 0.2) is 261 Å². The van der Waals surface area contributed by atoms with Gasteiger partial charge in [-0.15, -0.1) is 0 Å². The van der Waals surface area contributed by atoms with Crippen LogP contribution in [0.3, 0.4) is 0 Å². The Balaban J connectivity index is 0.966. The average molecular weight is 916 g/mol. The fraction of sp³-hybridized carbons (Fsp3) is 0.0704. The number of fused-ring (bicyclic) bond motifs is 19. The molecule has 1 nitrogen and oxygen atoms in total. The maximum Gasteiger partial charge on any atom is 0.0726 e. The molecule has 338 valence electrons. The van der Waals surface area contributed by atoms with Crippen LogP contribution < -0.4 is 4.90 Å². The predicted molar refractivity (Wildman–Crippen MR) is 298 cm³/mol. The summed E-state index contributed by atoms with van der Waals surface area (Å²) in [6.45, 7) is 4.75. The molecule has 4 aliphatic rings. The second kappa shape index (κ2) is 15.1. The Labute approximate surface area is 422 Å². The van der Waals surface area contributed by atoms with Crippen molar-refractivity contribution >= 4 is 17.1 Å². The van der Waals surface area contributed by atoms with Crippen LogP contribution in [0.2, 0.25) is 0 Å². The van der Waals surface area contributed by atoms with E-state index in [1.165, 1.54) is 111 Å². The molecule has 0 aromatic heterocycles. The van der Waals surface area contributed by atoms with Gasteiger partial charge >= 0.3 is 0 Å². The van der Waals surface area contributed by atoms with Crippen LogP contribution in [0.4, 0.5) is 17.1 Å². The Bertz CT molecular complexity index is 3930. The third-order valence-corrected chi connectivity index (χ3v) is 17.0. The lowest BCUT2D eigenvalue weighted by atomic mass is 9.52. The van der Waals surface area contributed by atoms with Crippen LogP contribution in [-0.2, 0) is 16.2 Å². The monoisotopic (exact) mass is 915 g/mol. The molecule has 0 saturated heterocycles. The molecule has 0 heterocycles. The van der Waals surface area contributed by atoms with E-state index in [-0.39, 0.29) is 5.41 Å². The predicted octanol–water partition coefficient (Wildman–Crippen LogP) is 17.8. The van der Waals surface area contributed by atoms with Gasteiger partial charge in [0, 0.05) is 22.5 Å². The van der Waals surface area contributed by atoms with E-state index < -0.39 is 10.8 Å². The molecule has 4 aliphatic carbocycles. The highest BCUT2D eigenvalue weighted by Crippen LogP contribution is 2.68. The van der Waals surface area contributed by atoms with Crippen LogP contribution in [0.1, 0.15) is 69.5 Å². The molecule has 0 bridgehead atoms. The normalized spacial score (nSPS) is 14.9. The van der Waals surface area contributed by atoms with E-state index in [0.29, 0.717) is 0 Å². The molecular formula is C71H49N. The highest BCUT2D eigenvalue weighted by molar-refractivity contribution is 5.98. The smallest absolute Gasteiger partial charge is 0.0726 e. The largest absolute Gasteiger partial charge is 0.310 e. The summed E-state index contributed by atoms with van der Waals surface area (Å²) in [5.74, 6) is 0. The minimum absolute atomic E-state index is 0.144. The van der Waals surface area contributed by atoms with Gasteiger partial charge in [0.25, 0.3) is 0 Å². The first kappa shape index (κ1) is 41.0. The molecule has 2 spiro atoms. The van der Waals surface area contributed by atoms with E-state index >= 15 is 0 Å². The first-order chi connectivity index (χ1) is 35.5. The van der Waals surface area contributed by atoms with Gasteiger partial charge in [0.05, 0.1) is 10.8 Å². The lowest BCUT2D eigenvalue weighted by Gasteiger charge is -2.49. The third-order valence-electron chi connectivity index (χ3n) is 17.0. The summed E-state index contributed by atoms with van der Waals surface area (Å²) in [5, 5.41) is 0. The Morgan fingerprint density at radius 2 is 0.625 bits per heavy atom. The van der Waals surface area contributed by atoms with Crippen molar-refractivity contribution in [1.82, 2.24) is 0 Å². The van der Waals surface area contributed by atoms with Gasteiger partial charge in [-0.3, -0.25) is 0 Å². The van der Waals surface area contributed by atoms with E-state index in [4.69, 9.17) is 0 Å². The summed E-state index contributed by atoms with van der Waals surface area (Å²) in [6.07, 6.45) is 0. The highest BCUT2D eigenvalue weighted by Gasteiger charge is 2.59. The van der Waals surface area contributed by atoms with Crippen LogP contribution in [-0.4, -0.2) is 0 Å². The Morgan fingerprint density at radius 3 is 1.24 bits per heavy atom. The fourth-order valence-corrected chi connectivity index (χ4v) is 14.1. The molecule has 0 amide bonds. The number of hydrogen-bond donors (Lipinski definition) is 0. The van der Waals surface area contributed by atoms with E-state index in [9.17, 15) is 0 Å². The third kappa shape index (κ3) is 5.32. The average Bonchev–Trinajstić information content (AvgIpc) is 4.00. The van der Waals surface area contributed by atoms with Crippen molar-refractivity contribution in [3.63, 3.8) is 0 Å². The molecule has 72 heavy (non-hydrogen) atoms. The Morgan fingerprint density at radius 1 is 0.236 bits per heavy atom. The summed E-state index contributed by atoms with van der Waals surface area (Å²) in [4.78, 5) is 2.47. The number of anilines is 3. The molecular weight excluding hydrogens is 867 g/mol. The molecule has 0 unspecified atom stereocenters. The second-order valence-corrected chi connectivity index (χ2v) is 20.7. The molecule has 0 saturated carbocycles. The van der Waals surface area contributed by atoms with Crippen molar-refractivity contribution in [2.45, 2.75) is 30.1 Å². The first-order valence-electron chi connectivity index (χ1n) is 25.4. The van der Waals surface area contributed by atoms with E-state index in [1.807, 2.05) is 0 Å². The standard InChI is InChI=1S/C71H49N/c1-69(2)59-30-10-6-24-53(59)57-43-42-51(45-67(57)69)72(49-40-38-47(39-41-49)46-20-4-3-5-21-46)50-23-18-22-48(44-50)52-28-19-29-58-56-27-9-13-33-62(56)71(68(52)58)65-36-16-14-34-63(65)70(64-35-15-17-37-66(64)71)60-31-11-7-25-54(60)55-26-8-12-32-61(55)70/h3-45H,1-2H3. The van der Waals surface area contributed by atoms with E-state index in [1.54, 1.807) is 0 Å². The molecule has 0 radical (unpaired) electrons. The van der Waals surface area contributed by atoms with Gasteiger partial charge in [-0.1, -0.05) is 238 Å². The number of benzene rings is 11. The zero-order valence-corrected chi connectivity index (χ0v) is 40.3. The lowest BCUT2D eigenvalue weighted by molar-refractivity contribution is 0.633.